The maximum atomic E-state index is 12.4. The molecule has 2 rings (SSSR count). The maximum Gasteiger partial charge on any atom is 0.325 e. The van der Waals surface area contributed by atoms with Gasteiger partial charge >= 0.3 is 5.97 Å². The smallest absolute Gasteiger partial charge is 0.325 e. The third-order valence-electron chi connectivity index (χ3n) is 3.36. The van der Waals surface area contributed by atoms with Crippen LogP contribution in [0.4, 0.5) is 5.69 Å². The molecule has 0 bridgehead atoms. The lowest BCUT2D eigenvalue weighted by Gasteiger charge is -2.13. The van der Waals surface area contributed by atoms with Crippen LogP contribution >= 0.6 is 0 Å². The highest BCUT2D eigenvalue weighted by Gasteiger charge is 2.20. The van der Waals surface area contributed by atoms with E-state index in [0.29, 0.717) is 0 Å². The van der Waals surface area contributed by atoms with Crippen molar-refractivity contribution in [3.05, 3.63) is 69.8 Å². The fourth-order valence-electron chi connectivity index (χ4n) is 1.97. The van der Waals surface area contributed by atoms with Crippen molar-refractivity contribution in [1.29, 1.82) is 0 Å². The van der Waals surface area contributed by atoms with Crippen molar-refractivity contribution in [3.63, 3.8) is 0 Å². The van der Waals surface area contributed by atoms with E-state index in [-0.39, 0.29) is 22.7 Å². The number of rotatable bonds is 7. The summed E-state index contributed by atoms with van der Waals surface area (Å²) in [4.78, 5) is 45.8. The van der Waals surface area contributed by atoms with Crippen molar-refractivity contribution >= 4 is 29.5 Å². The van der Waals surface area contributed by atoms with E-state index in [1.807, 2.05) is 0 Å². The fourth-order valence-corrected chi connectivity index (χ4v) is 1.97. The standard InChI is InChI=1S/C17H15N3O7/c1-10(17(23)24)18-16(22)14(9-13-6-3-7-27-13)19-15(21)11-4-2-5-12(8-11)20(25)26/h2-10H,1H3,(H,18,22)(H,19,21)(H,23,24)/b14-9-/t10-/m0/s1. The Hall–Kier alpha value is -3.95. The number of benzene rings is 1. The molecule has 10 nitrogen and oxygen atoms in total. The number of carboxylic acids is 1. The third kappa shape index (κ3) is 5.26. The molecule has 1 aromatic heterocycles. The van der Waals surface area contributed by atoms with Crippen molar-refractivity contribution in [3.8, 4) is 0 Å². The van der Waals surface area contributed by atoms with Gasteiger partial charge in [-0.1, -0.05) is 6.07 Å². The summed E-state index contributed by atoms with van der Waals surface area (Å²) in [6, 6.07) is 6.82. The molecule has 1 aromatic carbocycles. The van der Waals surface area contributed by atoms with Gasteiger partial charge in [-0.15, -0.1) is 0 Å². The molecule has 0 fully saturated rings. The number of furan rings is 1. The molecule has 0 unspecified atom stereocenters. The molecule has 10 heteroatoms. The summed E-state index contributed by atoms with van der Waals surface area (Å²) in [7, 11) is 0. The molecule has 0 saturated heterocycles. The second-order valence-electron chi connectivity index (χ2n) is 5.37. The number of carboxylic acid groups (broad SMARTS) is 1. The lowest BCUT2D eigenvalue weighted by molar-refractivity contribution is -0.384. The van der Waals surface area contributed by atoms with Gasteiger partial charge in [0.1, 0.15) is 17.5 Å². The number of carbonyl (C=O) groups excluding carboxylic acids is 2. The first kappa shape index (κ1) is 19.4. The lowest BCUT2D eigenvalue weighted by Crippen LogP contribution is -2.42. The fraction of sp³-hybridized carbons (Fsp3) is 0.118. The summed E-state index contributed by atoms with van der Waals surface area (Å²) < 4.78 is 5.09. The van der Waals surface area contributed by atoms with Gasteiger partial charge in [-0.3, -0.25) is 24.5 Å². The summed E-state index contributed by atoms with van der Waals surface area (Å²) in [5, 5.41) is 24.3. The minimum absolute atomic E-state index is 0.0476. The molecule has 2 aromatic rings. The number of non-ortho nitro benzene ring substituents is 1. The molecule has 0 aliphatic rings. The van der Waals surface area contributed by atoms with Gasteiger partial charge in [-0.05, 0) is 25.1 Å². The Bertz CT molecular complexity index is 903. The van der Waals surface area contributed by atoms with Gasteiger partial charge in [0.2, 0.25) is 0 Å². The van der Waals surface area contributed by atoms with Crippen LogP contribution in [-0.2, 0) is 9.59 Å². The summed E-state index contributed by atoms with van der Waals surface area (Å²) in [5.41, 5.74) is -0.619. The van der Waals surface area contributed by atoms with Gasteiger partial charge in [-0.25, -0.2) is 0 Å². The largest absolute Gasteiger partial charge is 0.480 e. The van der Waals surface area contributed by atoms with Crippen LogP contribution in [0.1, 0.15) is 23.0 Å². The van der Waals surface area contributed by atoms with Crippen LogP contribution in [0.25, 0.3) is 6.08 Å². The van der Waals surface area contributed by atoms with Crippen LogP contribution in [0.15, 0.2) is 52.8 Å². The Morgan fingerprint density at radius 1 is 1.26 bits per heavy atom. The minimum atomic E-state index is -1.26. The van der Waals surface area contributed by atoms with Gasteiger partial charge in [-0.2, -0.15) is 0 Å². The highest BCUT2D eigenvalue weighted by molar-refractivity contribution is 6.06. The average Bonchev–Trinajstić information content (AvgIpc) is 3.14. The van der Waals surface area contributed by atoms with E-state index in [2.05, 4.69) is 10.6 Å². The molecule has 27 heavy (non-hydrogen) atoms. The van der Waals surface area contributed by atoms with Crippen LogP contribution < -0.4 is 10.6 Å². The Kier molecular flexibility index (Phi) is 6.05. The normalized spacial score (nSPS) is 12.1. The van der Waals surface area contributed by atoms with Crippen LogP contribution in [-0.4, -0.2) is 33.9 Å². The molecule has 1 atom stereocenters. The van der Waals surface area contributed by atoms with Crippen LogP contribution in [0.2, 0.25) is 0 Å². The second kappa shape index (κ2) is 8.43. The zero-order chi connectivity index (χ0) is 20.0. The molecule has 0 radical (unpaired) electrons. The summed E-state index contributed by atoms with van der Waals surface area (Å²) in [6.45, 7) is 1.26. The molecular formula is C17H15N3O7. The van der Waals surface area contributed by atoms with Gasteiger partial charge < -0.3 is 20.2 Å². The average molecular weight is 373 g/mol. The Labute approximate surface area is 152 Å². The van der Waals surface area contributed by atoms with Gasteiger partial charge in [0.15, 0.2) is 0 Å². The molecule has 3 N–H and O–H groups in total. The zero-order valence-electron chi connectivity index (χ0n) is 14.0. The first-order chi connectivity index (χ1) is 12.8. The minimum Gasteiger partial charge on any atom is -0.480 e. The molecule has 0 spiro atoms. The van der Waals surface area contributed by atoms with E-state index < -0.39 is 28.7 Å². The Morgan fingerprint density at radius 2 is 2.00 bits per heavy atom. The Morgan fingerprint density at radius 3 is 2.59 bits per heavy atom. The van der Waals surface area contributed by atoms with Crippen LogP contribution in [0.3, 0.4) is 0 Å². The van der Waals surface area contributed by atoms with Crippen molar-refractivity contribution in [2.75, 3.05) is 0 Å². The van der Waals surface area contributed by atoms with Crippen molar-refractivity contribution in [2.24, 2.45) is 0 Å². The highest BCUT2D eigenvalue weighted by Crippen LogP contribution is 2.14. The van der Waals surface area contributed by atoms with Crippen LogP contribution in [0, 0.1) is 10.1 Å². The molecule has 1 heterocycles. The predicted molar refractivity (Wildman–Crippen MR) is 92.5 cm³/mol. The first-order valence-corrected chi connectivity index (χ1v) is 7.62. The number of hydrogen-bond donors (Lipinski definition) is 3. The predicted octanol–water partition coefficient (Wildman–Crippen LogP) is 1.55. The van der Waals surface area contributed by atoms with E-state index in [0.717, 1.165) is 6.07 Å². The van der Waals surface area contributed by atoms with E-state index in [1.54, 1.807) is 6.07 Å². The van der Waals surface area contributed by atoms with Gasteiger partial charge in [0.05, 0.1) is 11.2 Å². The SMILES string of the molecule is C[C@H](NC(=O)/C(=C/c1ccco1)NC(=O)c1cccc([N+](=O)[O-])c1)C(=O)O. The molecular weight excluding hydrogens is 358 g/mol. The van der Waals surface area contributed by atoms with Crippen molar-refractivity contribution in [2.45, 2.75) is 13.0 Å². The number of aliphatic carboxylic acids is 1. The second-order valence-corrected chi connectivity index (χ2v) is 5.37. The van der Waals surface area contributed by atoms with Crippen molar-refractivity contribution in [1.82, 2.24) is 10.6 Å². The maximum absolute atomic E-state index is 12.4. The molecule has 140 valence electrons. The van der Waals surface area contributed by atoms with E-state index in [1.165, 1.54) is 43.5 Å². The monoisotopic (exact) mass is 373 g/mol. The highest BCUT2D eigenvalue weighted by atomic mass is 16.6. The number of amides is 2. The third-order valence-corrected chi connectivity index (χ3v) is 3.36. The number of hydrogen-bond acceptors (Lipinski definition) is 6. The molecule has 0 aliphatic heterocycles. The molecule has 2 amide bonds. The summed E-state index contributed by atoms with van der Waals surface area (Å²) in [5.74, 6) is -2.66. The van der Waals surface area contributed by atoms with E-state index >= 15 is 0 Å². The topological polar surface area (TPSA) is 152 Å². The van der Waals surface area contributed by atoms with Crippen molar-refractivity contribution < 1.29 is 28.8 Å². The van der Waals surface area contributed by atoms with Gasteiger partial charge in [0, 0.05) is 23.8 Å². The van der Waals surface area contributed by atoms with Gasteiger partial charge in [0.25, 0.3) is 17.5 Å². The molecule has 0 saturated carbocycles. The quantitative estimate of drug-likeness (QED) is 0.378. The lowest BCUT2D eigenvalue weighted by atomic mass is 10.2. The number of nitro benzene ring substituents is 1. The van der Waals surface area contributed by atoms with Crippen LogP contribution in [0.5, 0.6) is 0 Å². The first-order valence-electron chi connectivity index (χ1n) is 7.62. The number of nitrogens with one attached hydrogen (secondary N) is 2. The summed E-state index contributed by atoms with van der Waals surface area (Å²) in [6.07, 6.45) is 2.56. The zero-order valence-corrected chi connectivity index (χ0v) is 14.0. The number of nitro groups is 1. The molecule has 0 aliphatic carbocycles. The van der Waals surface area contributed by atoms with E-state index in [9.17, 15) is 24.5 Å². The number of nitrogens with zero attached hydrogens (tertiary/aromatic N) is 1. The summed E-state index contributed by atoms with van der Waals surface area (Å²) >= 11 is 0. The number of carbonyl (C=O) groups is 3. The Balaban J connectivity index is 2.27. The van der Waals surface area contributed by atoms with E-state index in [4.69, 9.17) is 9.52 Å².